The Kier molecular flexibility index (Phi) is 3.68. The Morgan fingerprint density at radius 3 is 2.78 bits per heavy atom. The van der Waals surface area contributed by atoms with Crippen molar-refractivity contribution in [3.8, 4) is 0 Å². The molecule has 0 saturated heterocycles. The molecule has 1 aliphatic heterocycles. The van der Waals surface area contributed by atoms with Gasteiger partial charge in [0.1, 0.15) is 0 Å². The fourth-order valence-electron chi connectivity index (χ4n) is 1.70. The summed E-state index contributed by atoms with van der Waals surface area (Å²) in [4.78, 5) is 27.5. The molecule has 4 nitrogen and oxygen atoms in total. The molecule has 0 spiro atoms. The molecule has 0 aromatic carbocycles. The molecule has 18 heavy (non-hydrogen) atoms. The number of esters is 1. The Labute approximate surface area is 114 Å². The molecule has 6 heteroatoms. The lowest BCUT2D eigenvalue weighted by Crippen LogP contribution is -2.29. The summed E-state index contributed by atoms with van der Waals surface area (Å²) >= 11 is 11.8. The number of aliphatic imine (C=N–C) groups is 1. The Balaban J connectivity index is 2.37. The first-order chi connectivity index (χ1) is 8.52. The van der Waals surface area contributed by atoms with E-state index in [9.17, 15) is 9.59 Å². The predicted molar refractivity (Wildman–Crippen MR) is 68.5 cm³/mol. The highest BCUT2D eigenvalue weighted by molar-refractivity contribution is 6.42. The number of ether oxygens (including phenoxy) is 1. The van der Waals surface area contributed by atoms with Crippen LogP contribution in [0.2, 0.25) is 0 Å². The van der Waals surface area contributed by atoms with Crippen LogP contribution in [0.25, 0.3) is 0 Å². The molecule has 0 N–H and O–H groups in total. The zero-order valence-corrected chi connectivity index (χ0v) is 11.0. The highest BCUT2D eigenvalue weighted by atomic mass is 35.5. The SMILES string of the molecule is CCOC(=O)C1=CC(=O)C2C(Cl)=CC(Cl)=CC2=N1. The molecule has 1 unspecified atom stereocenters. The number of halogens is 2. The molecule has 2 rings (SSSR count). The molecule has 0 amide bonds. The van der Waals surface area contributed by atoms with Crippen molar-refractivity contribution in [1.29, 1.82) is 0 Å². The van der Waals surface area contributed by atoms with E-state index >= 15 is 0 Å². The molecule has 1 heterocycles. The first kappa shape index (κ1) is 13.1. The van der Waals surface area contributed by atoms with Gasteiger partial charge in [0.15, 0.2) is 11.5 Å². The molecule has 0 aromatic heterocycles. The molecule has 1 aliphatic carbocycles. The summed E-state index contributed by atoms with van der Waals surface area (Å²) in [7, 11) is 0. The number of carbonyl (C=O) groups is 2. The van der Waals surface area contributed by atoms with Crippen molar-refractivity contribution in [2.75, 3.05) is 6.61 Å². The molecular weight excluding hydrogens is 277 g/mol. The van der Waals surface area contributed by atoms with Crippen LogP contribution in [0, 0.1) is 5.92 Å². The van der Waals surface area contributed by atoms with E-state index < -0.39 is 11.9 Å². The van der Waals surface area contributed by atoms with E-state index in [1.54, 1.807) is 6.92 Å². The second kappa shape index (κ2) is 5.08. The van der Waals surface area contributed by atoms with Crippen molar-refractivity contribution in [2.45, 2.75) is 6.92 Å². The highest BCUT2D eigenvalue weighted by Crippen LogP contribution is 2.31. The second-order valence-electron chi connectivity index (χ2n) is 3.68. The van der Waals surface area contributed by atoms with Gasteiger partial charge in [0, 0.05) is 16.1 Å². The molecule has 94 valence electrons. The van der Waals surface area contributed by atoms with Gasteiger partial charge in [-0.3, -0.25) is 4.79 Å². The molecule has 0 aromatic rings. The van der Waals surface area contributed by atoms with Crippen LogP contribution in [0.15, 0.2) is 39.0 Å². The zero-order chi connectivity index (χ0) is 13.3. The van der Waals surface area contributed by atoms with E-state index in [1.807, 2.05) is 0 Å². The standard InChI is InChI=1S/C12H9Cl2NO3/c1-2-18-12(17)9-5-10(16)11-7(14)3-6(13)4-8(11)15-9/h3-5,11H,2H2,1H3. The number of carbonyl (C=O) groups excluding carboxylic acids is 2. The average molecular weight is 286 g/mol. The molecule has 2 aliphatic rings. The minimum Gasteiger partial charge on any atom is -0.461 e. The summed E-state index contributed by atoms with van der Waals surface area (Å²) < 4.78 is 4.80. The largest absolute Gasteiger partial charge is 0.461 e. The smallest absolute Gasteiger partial charge is 0.357 e. The number of allylic oxidation sites excluding steroid dienone is 5. The summed E-state index contributed by atoms with van der Waals surface area (Å²) in [6, 6.07) is 0. The van der Waals surface area contributed by atoms with Crippen molar-refractivity contribution < 1.29 is 14.3 Å². The van der Waals surface area contributed by atoms with Crippen LogP contribution in [-0.2, 0) is 14.3 Å². The third-order valence-corrected chi connectivity index (χ3v) is 2.98. The molecule has 0 saturated carbocycles. The van der Waals surface area contributed by atoms with Gasteiger partial charge >= 0.3 is 5.97 Å². The van der Waals surface area contributed by atoms with Crippen LogP contribution >= 0.6 is 23.2 Å². The summed E-state index contributed by atoms with van der Waals surface area (Å²) in [5.41, 5.74) is 0.336. The lowest BCUT2D eigenvalue weighted by atomic mass is 9.91. The van der Waals surface area contributed by atoms with Gasteiger partial charge in [0.05, 0.1) is 18.2 Å². The number of hydrogen-bond donors (Lipinski definition) is 0. The van der Waals surface area contributed by atoms with Crippen LogP contribution in [0.5, 0.6) is 0 Å². The van der Waals surface area contributed by atoms with Gasteiger partial charge < -0.3 is 4.74 Å². The summed E-state index contributed by atoms with van der Waals surface area (Å²) in [6.07, 6.45) is 4.16. The molecule has 0 radical (unpaired) electrons. The number of ketones is 1. The van der Waals surface area contributed by atoms with Gasteiger partial charge in [0.25, 0.3) is 0 Å². The predicted octanol–water partition coefficient (Wildman–Crippen LogP) is 2.33. The minimum absolute atomic E-state index is 0.0276. The fourth-order valence-corrected chi connectivity index (χ4v) is 2.32. The van der Waals surface area contributed by atoms with E-state index in [-0.39, 0.29) is 18.1 Å². The Morgan fingerprint density at radius 1 is 1.39 bits per heavy atom. The third-order valence-electron chi connectivity index (χ3n) is 2.43. The summed E-state index contributed by atoms with van der Waals surface area (Å²) in [5.74, 6) is -1.59. The van der Waals surface area contributed by atoms with Gasteiger partial charge in [0.2, 0.25) is 0 Å². The van der Waals surface area contributed by atoms with E-state index in [1.165, 1.54) is 12.2 Å². The van der Waals surface area contributed by atoms with Crippen LogP contribution in [-0.4, -0.2) is 24.1 Å². The number of hydrogen-bond acceptors (Lipinski definition) is 4. The van der Waals surface area contributed by atoms with E-state index in [0.717, 1.165) is 6.08 Å². The van der Waals surface area contributed by atoms with Gasteiger partial charge in [-0.2, -0.15) is 0 Å². The van der Waals surface area contributed by atoms with Crippen LogP contribution in [0.4, 0.5) is 0 Å². The summed E-state index contributed by atoms with van der Waals surface area (Å²) in [6.45, 7) is 1.89. The highest BCUT2D eigenvalue weighted by Gasteiger charge is 2.33. The van der Waals surface area contributed by atoms with Crippen LogP contribution in [0.1, 0.15) is 6.92 Å². The minimum atomic E-state index is -0.660. The number of rotatable bonds is 2. The van der Waals surface area contributed by atoms with Gasteiger partial charge in [-0.05, 0) is 19.1 Å². The molecule has 1 atom stereocenters. The molecular formula is C12H9Cl2NO3. The van der Waals surface area contributed by atoms with Gasteiger partial charge in [-0.25, -0.2) is 9.79 Å². The van der Waals surface area contributed by atoms with Crippen molar-refractivity contribution in [3.05, 3.63) is 34.0 Å². The summed E-state index contributed by atoms with van der Waals surface area (Å²) in [5, 5.41) is 0.665. The Hall–Kier alpha value is -1.39. The number of fused-ring (bicyclic) bond motifs is 1. The fraction of sp³-hybridized carbons (Fsp3) is 0.250. The second-order valence-corrected chi connectivity index (χ2v) is 4.55. The van der Waals surface area contributed by atoms with E-state index in [0.29, 0.717) is 15.8 Å². The average Bonchev–Trinajstić information content (AvgIpc) is 2.27. The monoisotopic (exact) mass is 285 g/mol. The van der Waals surface area contributed by atoms with Crippen LogP contribution < -0.4 is 0 Å². The van der Waals surface area contributed by atoms with Gasteiger partial charge in [-0.15, -0.1) is 0 Å². The normalized spacial score (nSPS) is 22.4. The van der Waals surface area contributed by atoms with Crippen molar-refractivity contribution in [2.24, 2.45) is 10.9 Å². The third kappa shape index (κ3) is 2.40. The topological polar surface area (TPSA) is 55.7 Å². The lowest BCUT2D eigenvalue weighted by molar-refractivity contribution is -0.138. The maximum atomic E-state index is 11.9. The van der Waals surface area contributed by atoms with Crippen molar-refractivity contribution >= 4 is 40.7 Å². The van der Waals surface area contributed by atoms with Gasteiger partial charge in [-0.1, -0.05) is 23.2 Å². The zero-order valence-electron chi connectivity index (χ0n) is 9.44. The van der Waals surface area contributed by atoms with Crippen LogP contribution in [0.3, 0.4) is 0 Å². The van der Waals surface area contributed by atoms with Crippen molar-refractivity contribution in [3.63, 3.8) is 0 Å². The first-order valence-electron chi connectivity index (χ1n) is 5.28. The van der Waals surface area contributed by atoms with Crippen molar-refractivity contribution in [1.82, 2.24) is 0 Å². The number of nitrogens with zero attached hydrogens (tertiary/aromatic N) is 1. The van der Waals surface area contributed by atoms with E-state index in [4.69, 9.17) is 27.9 Å². The molecule has 0 bridgehead atoms. The Morgan fingerprint density at radius 2 is 2.11 bits per heavy atom. The first-order valence-corrected chi connectivity index (χ1v) is 6.04. The lowest BCUT2D eigenvalue weighted by Gasteiger charge is -2.21. The quantitative estimate of drug-likeness (QED) is 0.732. The van der Waals surface area contributed by atoms with E-state index in [2.05, 4.69) is 4.99 Å². The maximum Gasteiger partial charge on any atom is 0.357 e. The maximum absolute atomic E-state index is 11.9. The molecule has 0 fully saturated rings. The Bertz CT molecular complexity index is 544.